The molecule has 178 valence electrons. The summed E-state index contributed by atoms with van der Waals surface area (Å²) in [5.74, 6) is -1.22. The van der Waals surface area contributed by atoms with Gasteiger partial charge in [-0.25, -0.2) is 17.5 Å². The lowest BCUT2D eigenvalue weighted by Gasteiger charge is -2.40. The Labute approximate surface area is 201 Å². The van der Waals surface area contributed by atoms with Crippen molar-refractivity contribution in [3.63, 3.8) is 0 Å². The molecule has 2 aliphatic carbocycles. The van der Waals surface area contributed by atoms with E-state index in [4.69, 9.17) is 0 Å². The van der Waals surface area contributed by atoms with Gasteiger partial charge in [0.15, 0.2) is 0 Å². The highest BCUT2D eigenvalue weighted by molar-refractivity contribution is 7.89. The van der Waals surface area contributed by atoms with Crippen LogP contribution >= 0.6 is 11.3 Å². The number of anilines is 1. The largest absolute Gasteiger partial charge is 0.296 e. The molecule has 2 saturated carbocycles. The molecule has 1 amide bonds. The van der Waals surface area contributed by atoms with Crippen molar-refractivity contribution in [1.29, 1.82) is 0 Å². The first kappa shape index (κ1) is 23.1. The number of hydrogen-bond acceptors (Lipinski definition) is 6. The van der Waals surface area contributed by atoms with Crippen molar-refractivity contribution in [3.8, 4) is 0 Å². The molecule has 10 heteroatoms. The lowest BCUT2D eigenvalue weighted by atomic mass is 9.65. The minimum Gasteiger partial charge on any atom is -0.296 e. The molecule has 1 heterocycles. The fourth-order valence-corrected chi connectivity index (χ4v) is 6.36. The van der Waals surface area contributed by atoms with E-state index in [1.54, 1.807) is 0 Å². The second-order valence-corrected chi connectivity index (χ2v) is 11.9. The summed E-state index contributed by atoms with van der Waals surface area (Å²) in [6.45, 7) is 2.39. The molecular weight excluding hydrogens is 475 g/mol. The van der Waals surface area contributed by atoms with Crippen LogP contribution in [-0.2, 0) is 15.4 Å². The molecule has 0 unspecified atom stereocenters. The Morgan fingerprint density at radius 1 is 1.18 bits per heavy atom. The number of sulfonamides is 1. The smallest absolute Gasteiger partial charge is 0.260 e. The Morgan fingerprint density at radius 2 is 1.97 bits per heavy atom. The molecule has 2 N–H and O–H groups in total. The number of nitrogens with one attached hydrogen (secondary N) is 2. The van der Waals surface area contributed by atoms with E-state index >= 15 is 0 Å². The first-order valence-corrected chi connectivity index (χ1v) is 13.6. The van der Waals surface area contributed by atoms with Crippen LogP contribution in [0.1, 0.15) is 58.6 Å². The van der Waals surface area contributed by atoms with E-state index in [2.05, 4.69) is 32.4 Å². The Bertz CT molecular complexity index is 1350. The van der Waals surface area contributed by atoms with Gasteiger partial charge < -0.3 is 0 Å². The van der Waals surface area contributed by atoms with Crippen molar-refractivity contribution in [2.24, 2.45) is 5.92 Å². The van der Waals surface area contributed by atoms with Gasteiger partial charge >= 0.3 is 0 Å². The predicted octanol–water partition coefficient (Wildman–Crippen LogP) is 4.40. The second-order valence-electron chi connectivity index (χ2n) is 9.11. The molecule has 0 bridgehead atoms. The molecule has 0 radical (unpaired) electrons. The molecule has 7 nitrogen and oxygen atoms in total. The maximum atomic E-state index is 14.4. The number of halogens is 1. The maximum absolute atomic E-state index is 14.4. The number of hydrogen-bond donors (Lipinski definition) is 2. The standard InChI is InChI=1S/C24H25FN4O3S2/c1-15-4-2-5-17(12-15)24(10-3-11-24)22-28-29-23(33-22)27-21(30)19-13-18(8-9-20(19)25)34(31,32)26-14-16-6-7-16/h2,4-5,8-9,12-13,16,26H,3,6-7,10-11,14H2,1H3,(H,27,29,30). The van der Waals surface area contributed by atoms with E-state index in [1.165, 1.54) is 22.5 Å². The second kappa shape index (κ2) is 8.83. The molecule has 34 heavy (non-hydrogen) atoms. The first-order valence-electron chi connectivity index (χ1n) is 11.3. The van der Waals surface area contributed by atoms with Gasteiger partial charge in [0, 0.05) is 12.0 Å². The summed E-state index contributed by atoms with van der Waals surface area (Å²) in [5, 5.41) is 12.1. The Kier molecular flexibility index (Phi) is 5.99. The summed E-state index contributed by atoms with van der Waals surface area (Å²) in [6, 6.07) is 11.5. The Hall–Kier alpha value is -2.69. The fourth-order valence-electron chi connectivity index (χ4n) is 4.21. The molecule has 2 aromatic carbocycles. The number of carbonyl (C=O) groups is 1. The van der Waals surface area contributed by atoms with Crippen LogP contribution in [-0.4, -0.2) is 31.1 Å². The van der Waals surface area contributed by atoms with E-state index in [0.717, 1.165) is 55.3 Å². The maximum Gasteiger partial charge on any atom is 0.260 e. The van der Waals surface area contributed by atoms with Gasteiger partial charge in [0.05, 0.1) is 10.5 Å². The third-order valence-electron chi connectivity index (χ3n) is 6.58. The van der Waals surface area contributed by atoms with E-state index in [-0.39, 0.29) is 21.0 Å². The van der Waals surface area contributed by atoms with E-state index in [9.17, 15) is 17.6 Å². The molecule has 3 aromatic rings. The first-order chi connectivity index (χ1) is 16.3. The Balaban J connectivity index is 1.35. The van der Waals surface area contributed by atoms with Gasteiger partial charge in [-0.15, -0.1) is 10.2 Å². The van der Waals surface area contributed by atoms with Crippen molar-refractivity contribution in [2.45, 2.75) is 49.3 Å². The SMILES string of the molecule is Cc1cccc(C2(c3nnc(NC(=O)c4cc(S(=O)(=O)NCC5CC5)ccc4F)s3)CCC2)c1. The lowest BCUT2D eigenvalue weighted by molar-refractivity contribution is 0.102. The highest BCUT2D eigenvalue weighted by Crippen LogP contribution is 2.50. The average Bonchev–Trinajstić information content (AvgIpc) is 3.50. The fraction of sp³-hybridized carbons (Fsp3) is 0.375. The highest BCUT2D eigenvalue weighted by atomic mass is 32.2. The predicted molar refractivity (Wildman–Crippen MR) is 128 cm³/mol. The lowest BCUT2D eigenvalue weighted by Crippen LogP contribution is -2.35. The monoisotopic (exact) mass is 500 g/mol. The molecule has 1 aromatic heterocycles. The minimum atomic E-state index is -3.83. The number of carbonyl (C=O) groups excluding carboxylic acids is 1. The van der Waals surface area contributed by atoms with Gasteiger partial charge in [0.25, 0.3) is 5.91 Å². The normalized spacial score (nSPS) is 17.2. The van der Waals surface area contributed by atoms with Gasteiger partial charge in [-0.2, -0.15) is 0 Å². The molecule has 0 aliphatic heterocycles. The summed E-state index contributed by atoms with van der Waals surface area (Å²) in [5.41, 5.74) is 1.76. The van der Waals surface area contributed by atoms with Crippen molar-refractivity contribution in [3.05, 3.63) is 70.0 Å². The van der Waals surface area contributed by atoms with Gasteiger partial charge in [-0.05, 0) is 62.3 Å². The number of benzene rings is 2. The number of aryl methyl sites for hydroxylation is 1. The molecule has 0 atom stereocenters. The number of rotatable bonds is 8. The zero-order valence-corrected chi connectivity index (χ0v) is 20.3. The van der Waals surface area contributed by atoms with E-state index in [1.807, 2.05) is 19.1 Å². The Morgan fingerprint density at radius 3 is 2.65 bits per heavy atom. The highest BCUT2D eigenvalue weighted by Gasteiger charge is 2.43. The van der Waals surface area contributed by atoms with Crippen LogP contribution < -0.4 is 10.0 Å². The van der Waals surface area contributed by atoms with Crippen molar-refractivity contribution in [2.75, 3.05) is 11.9 Å². The van der Waals surface area contributed by atoms with Crippen LogP contribution in [0.5, 0.6) is 0 Å². The quantitative estimate of drug-likeness (QED) is 0.478. The van der Waals surface area contributed by atoms with Crippen LogP contribution in [0.3, 0.4) is 0 Å². The van der Waals surface area contributed by atoms with Gasteiger partial charge in [0.2, 0.25) is 15.2 Å². The molecular formula is C24H25FN4O3S2. The minimum absolute atomic E-state index is 0.148. The molecule has 2 aliphatic rings. The molecule has 2 fully saturated rings. The molecule has 0 spiro atoms. The zero-order chi connectivity index (χ0) is 23.9. The van der Waals surface area contributed by atoms with Crippen LogP contribution in [0.25, 0.3) is 0 Å². The summed E-state index contributed by atoms with van der Waals surface area (Å²) in [4.78, 5) is 12.7. The molecule has 0 saturated heterocycles. The van der Waals surface area contributed by atoms with Gasteiger partial charge in [-0.3, -0.25) is 10.1 Å². The third-order valence-corrected chi connectivity index (χ3v) is 9.05. The third kappa shape index (κ3) is 4.49. The van der Waals surface area contributed by atoms with Gasteiger partial charge in [0.1, 0.15) is 10.8 Å². The number of nitrogens with zero attached hydrogens (tertiary/aromatic N) is 2. The van der Waals surface area contributed by atoms with Crippen molar-refractivity contribution < 1.29 is 17.6 Å². The van der Waals surface area contributed by atoms with Crippen molar-refractivity contribution >= 4 is 32.4 Å². The van der Waals surface area contributed by atoms with Crippen molar-refractivity contribution in [1.82, 2.24) is 14.9 Å². The summed E-state index contributed by atoms with van der Waals surface area (Å²) >= 11 is 1.27. The number of amides is 1. The van der Waals surface area contributed by atoms with Crippen LogP contribution in [0.15, 0.2) is 47.4 Å². The summed E-state index contributed by atoms with van der Waals surface area (Å²) < 4.78 is 42.0. The number of aromatic nitrogens is 2. The summed E-state index contributed by atoms with van der Waals surface area (Å²) in [6.07, 6.45) is 4.96. The van der Waals surface area contributed by atoms with Gasteiger partial charge in [-0.1, -0.05) is 47.6 Å². The van der Waals surface area contributed by atoms with Crippen LogP contribution in [0, 0.1) is 18.7 Å². The van der Waals surface area contributed by atoms with Crippen LogP contribution in [0.4, 0.5) is 9.52 Å². The van der Waals surface area contributed by atoms with Crippen LogP contribution in [0.2, 0.25) is 0 Å². The zero-order valence-electron chi connectivity index (χ0n) is 18.7. The average molecular weight is 501 g/mol. The van der Waals surface area contributed by atoms with E-state index < -0.39 is 21.7 Å². The topological polar surface area (TPSA) is 101 Å². The summed E-state index contributed by atoms with van der Waals surface area (Å²) in [7, 11) is -3.83. The van der Waals surface area contributed by atoms with E-state index in [0.29, 0.717) is 12.5 Å². The molecule has 5 rings (SSSR count).